The highest BCUT2D eigenvalue weighted by Crippen LogP contribution is 2.21. The molecular weight excluding hydrogens is 280 g/mol. The van der Waals surface area contributed by atoms with E-state index < -0.39 is 0 Å². The Balaban J connectivity index is 1.83. The van der Waals surface area contributed by atoms with Crippen LogP contribution < -0.4 is 5.56 Å². The maximum absolute atomic E-state index is 12.7. The molecule has 0 unspecified atom stereocenters. The van der Waals surface area contributed by atoms with Crippen LogP contribution in [0.5, 0.6) is 0 Å². The molecule has 3 rings (SSSR count). The van der Waals surface area contributed by atoms with E-state index in [9.17, 15) is 9.59 Å². The van der Waals surface area contributed by atoms with Crippen LogP contribution in [0, 0.1) is 6.92 Å². The molecule has 0 aromatic carbocycles. The van der Waals surface area contributed by atoms with Crippen LogP contribution in [0.2, 0.25) is 0 Å². The van der Waals surface area contributed by atoms with Gasteiger partial charge in [-0.15, -0.1) is 0 Å². The molecule has 0 spiro atoms. The van der Waals surface area contributed by atoms with E-state index in [1.54, 1.807) is 24.2 Å². The minimum Gasteiger partial charge on any atom is -0.336 e. The van der Waals surface area contributed by atoms with E-state index >= 15 is 0 Å². The smallest absolute Gasteiger partial charge is 0.263 e. The predicted octanol–water partition coefficient (Wildman–Crippen LogP) is 1.37. The number of piperidine rings is 1. The van der Waals surface area contributed by atoms with E-state index in [0.717, 1.165) is 18.5 Å². The lowest BCUT2D eigenvalue weighted by Crippen LogP contribution is -2.43. The van der Waals surface area contributed by atoms with Gasteiger partial charge in [-0.3, -0.25) is 14.3 Å². The first kappa shape index (κ1) is 14.6. The van der Waals surface area contributed by atoms with Crippen LogP contribution in [0.3, 0.4) is 0 Å². The third kappa shape index (κ3) is 2.56. The first-order valence-corrected chi connectivity index (χ1v) is 7.53. The van der Waals surface area contributed by atoms with Gasteiger partial charge in [-0.2, -0.15) is 5.10 Å². The van der Waals surface area contributed by atoms with Crippen molar-refractivity contribution in [3.8, 4) is 0 Å². The molecule has 0 bridgehead atoms. The van der Waals surface area contributed by atoms with Crippen LogP contribution in [-0.4, -0.2) is 38.2 Å². The highest BCUT2D eigenvalue weighted by Gasteiger charge is 2.27. The largest absolute Gasteiger partial charge is 0.336 e. The lowest BCUT2D eigenvalue weighted by atomic mass is 10.0. The number of likely N-dealkylation sites (tertiary alicyclic amines) is 1. The fourth-order valence-electron chi connectivity index (χ4n) is 2.91. The fourth-order valence-corrected chi connectivity index (χ4v) is 2.91. The molecule has 1 aliphatic heterocycles. The zero-order chi connectivity index (χ0) is 15.7. The second kappa shape index (κ2) is 5.79. The maximum atomic E-state index is 12.7. The number of aryl methyl sites for hydroxylation is 1. The molecule has 1 aliphatic rings. The molecule has 0 radical (unpaired) electrons. The molecule has 2 aromatic rings. The molecule has 1 fully saturated rings. The molecule has 22 heavy (non-hydrogen) atoms. The molecule has 1 amide bonds. The third-order valence-electron chi connectivity index (χ3n) is 4.37. The Morgan fingerprint density at radius 3 is 2.91 bits per heavy atom. The Hall–Kier alpha value is -2.37. The number of hydrogen-bond donors (Lipinski definition) is 0. The minimum atomic E-state index is -0.230. The third-order valence-corrected chi connectivity index (χ3v) is 4.37. The molecule has 0 saturated carbocycles. The van der Waals surface area contributed by atoms with Gasteiger partial charge in [0.05, 0.1) is 6.04 Å². The Bertz CT molecular complexity index is 733. The lowest BCUT2D eigenvalue weighted by molar-refractivity contribution is 0.0670. The van der Waals surface area contributed by atoms with Gasteiger partial charge in [0.2, 0.25) is 0 Å². The van der Waals surface area contributed by atoms with Crippen molar-refractivity contribution in [1.29, 1.82) is 0 Å². The number of aromatic nitrogens is 3. The number of nitrogens with zero attached hydrogens (tertiary/aromatic N) is 4. The zero-order valence-corrected chi connectivity index (χ0v) is 12.9. The zero-order valence-electron chi connectivity index (χ0n) is 12.9. The van der Waals surface area contributed by atoms with Gasteiger partial charge < -0.3 is 9.47 Å². The van der Waals surface area contributed by atoms with Gasteiger partial charge in [-0.25, -0.2) is 0 Å². The fraction of sp³-hybridized carbons (Fsp3) is 0.438. The van der Waals surface area contributed by atoms with Crippen LogP contribution >= 0.6 is 0 Å². The second-order valence-electron chi connectivity index (χ2n) is 5.79. The van der Waals surface area contributed by atoms with Gasteiger partial charge in [0.25, 0.3) is 11.5 Å². The lowest BCUT2D eigenvalue weighted by Gasteiger charge is -2.32. The molecule has 3 heterocycles. The van der Waals surface area contributed by atoms with Crippen LogP contribution in [0.15, 0.2) is 35.4 Å². The van der Waals surface area contributed by atoms with E-state index in [0.29, 0.717) is 13.1 Å². The van der Waals surface area contributed by atoms with Crippen molar-refractivity contribution >= 4 is 5.91 Å². The van der Waals surface area contributed by atoms with Crippen LogP contribution in [0.1, 0.15) is 34.9 Å². The van der Waals surface area contributed by atoms with Crippen molar-refractivity contribution in [2.24, 2.45) is 7.05 Å². The molecule has 0 N–H and O–H groups in total. The molecule has 1 atom stereocenters. The van der Waals surface area contributed by atoms with E-state index in [2.05, 4.69) is 5.10 Å². The van der Waals surface area contributed by atoms with Crippen molar-refractivity contribution in [3.05, 3.63) is 52.2 Å². The quantitative estimate of drug-likeness (QED) is 0.841. The minimum absolute atomic E-state index is 0.182. The van der Waals surface area contributed by atoms with Crippen molar-refractivity contribution < 1.29 is 4.79 Å². The molecular formula is C16H20N4O2. The number of pyridine rings is 1. The summed E-state index contributed by atoms with van der Waals surface area (Å²) in [7, 11) is 1.69. The van der Waals surface area contributed by atoms with Gasteiger partial charge in [0.15, 0.2) is 0 Å². The average Bonchev–Trinajstić information content (AvgIpc) is 3.07. The number of rotatable bonds is 2. The maximum Gasteiger partial charge on any atom is 0.263 e. The summed E-state index contributed by atoms with van der Waals surface area (Å²) >= 11 is 0. The van der Waals surface area contributed by atoms with Crippen molar-refractivity contribution in [2.75, 3.05) is 13.1 Å². The van der Waals surface area contributed by atoms with E-state index in [4.69, 9.17) is 0 Å². The molecule has 6 heteroatoms. The van der Waals surface area contributed by atoms with Gasteiger partial charge in [0, 0.05) is 38.2 Å². The number of carbonyl (C=O) groups excluding carboxylic acids is 1. The summed E-state index contributed by atoms with van der Waals surface area (Å²) < 4.78 is 3.41. The summed E-state index contributed by atoms with van der Waals surface area (Å²) in [5.74, 6) is -0.183. The molecule has 0 aliphatic carbocycles. The van der Waals surface area contributed by atoms with Gasteiger partial charge in [-0.05, 0) is 38.0 Å². The van der Waals surface area contributed by atoms with E-state index in [1.807, 2.05) is 29.9 Å². The van der Waals surface area contributed by atoms with Crippen LogP contribution in [0.4, 0.5) is 0 Å². The van der Waals surface area contributed by atoms with Crippen LogP contribution in [-0.2, 0) is 7.05 Å². The first-order valence-electron chi connectivity index (χ1n) is 7.53. The highest BCUT2D eigenvalue weighted by molar-refractivity contribution is 5.94. The van der Waals surface area contributed by atoms with Crippen molar-refractivity contribution in [3.63, 3.8) is 0 Å². The number of hydrogen-bond acceptors (Lipinski definition) is 3. The summed E-state index contributed by atoms with van der Waals surface area (Å²) in [6.07, 6.45) is 5.58. The number of amides is 1. The summed E-state index contributed by atoms with van der Waals surface area (Å²) in [5, 5.41) is 4.26. The Morgan fingerprint density at radius 2 is 2.18 bits per heavy atom. The second-order valence-corrected chi connectivity index (χ2v) is 5.79. The monoisotopic (exact) mass is 300 g/mol. The Labute approximate surface area is 129 Å². The van der Waals surface area contributed by atoms with Gasteiger partial charge in [0.1, 0.15) is 5.56 Å². The summed E-state index contributed by atoms with van der Waals surface area (Å²) in [6.45, 7) is 3.13. The van der Waals surface area contributed by atoms with Crippen molar-refractivity contribution in [2.45, 2.75) is 25.8 Å². The molecule has 1 saturated heterocycles. The van der Waals surface area contributed by atoms with Gasteiger partial charge >= 0.3 is 0 Å². The Morgan fingerprint density at radius 1 is 1.36 bits per heavy atom. The standard InChI is InChI=1S/C16H20N4O2/c1-12-6-7-14(15(21)18(12)2)16(22)19-9-3-5-13(11-19)20-10-4-8-17-20/h4,6-8,10,13H,3,5,9,11H2,1-2H3/t13-/m1/s1. The topological polar surface area (TPSA) is 60.1 Å². The van der Waals surface area contributed by atoms with Crippen LogP contribution in [0.25, 0.3) is 0 Å². The highest BCUT2D eigenvalue weighted by atomic mass is 16.2. The summed E-state index contributed by atoms with van der Waals surface area (Å²) in [4.78, 5) is 26.7. The summed E-state index contributed by atoms with van der Waals surface area (Å²) in [5.41, 5.74) is 0.857. The SMILES string of the molecule is Cc1ccc(C(=O)N2CCC[C@@H](n3cccn3)C2)c(=O)n1C. The number of carbonyl (C=O) groups is 1. The first-order chi connectivity index (χ1) is 10.6. The summed E-state index contributed by atoms with van der Waals surface area (Å²) in [6, 6.07) is 5.51. The van der Waals surface area contributed by atoms with E-state index in [-0.39, 0.29) is 23.1 Å². The molecule has 116 valence electrons. The average molecular weight is 300 g/mol. The van der Waals surface area contributed by atoms with E-state index in [1.165, 1.54) is 4.57 Å². The van der Waals surface area contributed by atoms with Gasteiger partial charge in [-0.1, -0.05) is 0 Å². The Kier molecular flexibility index (Phi) is 3.83. The predicted molar refractivity (Wildman–Crippen MR) is 82.8 cm³/mol. The normalized spacial score (nSPS) is 18.5. The molecule has 6 nitrogen and oxygen atoms in total. The van der Waals surface area contributed by atoms with Crippen molar-refractivity contribution in [1.82, 2.24) is 19.2 Å². The molecule has 2 aromatic heterocycles.